The number of anilines is 1. The number of hydrogen-bond donors (Lipinski definition) is 3. The van der Waals surface area contributed by atoms with E-state index < -0.39 is 0 Å². The van der Waals surface area contributed by atoms with Crippen molar-refractivity contribution in [1.29, 1.82) is 0 Å². The van der Waals surface area contributed by atoms with Crippen molar-refractivity contribution in [1.82, 2.24) is 19.9 Å². The van der Waals surface area contributed by atoms with Gasteiger partial charge in [0.15, 0.2) is 0 Å². The molecular weight excluding hydrogens is 472 g/mol. The fourth-order valence-electron chi connectivity index (χ4n) is 5.35. The van der Waals surface area contributed by atoms with E-state index in [1.807, 2.05) is 6.08 Å². The highest BCUT2D eigenvalue weighted by molar-refractivity contribution is 6.31. The highest BCUT2D eigenvalue weighted by Gasteiger charge is 2.28. The Hall–Kier alpha value is -3.16. The molecule has 0 bridgehead atoms. The molecule has 9 heteroatoms. The molecule has 0 amide bonds. The minimum absolute atomic E-state index is 0.170. The summed E-state index contributed by atoms with van der Waals surface area (Å²) in [5.41, 5.74) is 21.2. The highest BCUT2D eigenvalue weighted by Crippen LogP contribution is 2.29. The molecule has 2 aromatic heterocycles. The number of halogens is 1. The maximum atomic E-state index is 6.82. The zero-order valence-electron chi connectivity index (χ0n) is 20.5. The summed E-state index contributed by atoms with van der Waals surface area (Å²) in [7, 11) is 0. The third-order valence-corrected chi connectivity index (χ3v) is 7.85. The van der Waals surface area contributed by atoms with E-state index in [4.69, 9.17) is 28.1 Å². The van der Waals surface area contributed by atoms with Crippen LogP contribution >= 0.6 is 11.6 Å². The van der Waals surface area contributed by atoms with Crippen molar-refractivity contribution in [2.45, 2.75) is 32.2 Å². The van der Waals surface area contributed by atoms with Gasteiger partial charge >= 0.3 is 0 Å². The molecule has 2 saturated heterocycles. The number of fused-ring (bicyclic) bond motifs is 2. The van der Waals surface area contributed by atoms with E-state index in [0.29, 0.717) is 18.9 Å². The van der Waals surface area contributed by atoms with E-state index in [1.54, 1.807) is 6.33 Å². The highest BCUT2D eigenvalue weighted by atomic mass is 35.5. The molecule has 6 rings (SSSR count). The third kappa shape index (κ3) is 4.10. The van der Waals surface area contributed by atoms with Crippen molar-refractivity contribution in [3.63, 3.8) is 0 Å². The van der Waals surface area contributed by atoms with Gasteiger partial charge in [-0.3, -0.25) is 0 Å². The summed E-state index contributed by atoms with van der Waals surface area (Å²) in [4.78, 5) is 22.1. The van der Waals surface area contributed by atoms with Gasteiger partial charge in [0.05, 0.1) is 27.2 Å². The average Bonchev–Trinajstić information content (AvgIpc) is 3.36. The van der Waals surface area contributed by atoms with Gasteiger partial charge in [-0.25, -0.2) is 15.0 Å². The molecule has 3 aliphatic heterocycles. The fraction of sp³-hybridized carbons (Fsp3) is 0.407. The van der Waals surface area contributed by atoms with Crippen LogP contribution in [0.1, 0.15) is 24.6 Å². The monoisotopic (exact) mass is 502 g/mol. The molecule has 186 valence electrons. The molecule has 5 heterocycles. The van der Waals surface area contributed by atoms with Crippen LogP contribution in [0, 0.1) is 5.92 Å². The molecular formula is C27H31ClN8. The number of hydrogen-bond acceptors (Lipinski definition) is 7. The predicted molar refractivity (Wildman–Crippen MR) is 143 cm³/mol. The summed E-state index contributed by atoms with van der Waals surface area (Å²) in [6, 6.07) is 6.55. The minimum Gasteiger partial charge on any atom is -0.369 e. The maximum Gasteiger partial charge on any atom is 0.142 e. The number of rotatable bonds is 6. The van der Waals surface area contributed by atoms with Gasteiger partial charge in [0.1, 0.15) is 17.6 Å². The van der Waals surface area contributed by atoms with Gasteiger partial charge in [-0.1, -0.05) is 30.3 Å². The first-order valence-corrected chi connectivity index (χ1v) is 13.1. The van der Waals surface area contributed by atoms with Crippen LogP contribution in [-0.4, -0.2) is 58.6 Å². The first-order chi connectivity index (χ1) is 17.5. The predicted octanol–water partition coefficient (Wildman–Crippen LogP) is 1.62. The zero-order valence-corrected chi connectivity index (χ0v) is 21.2. The van der Waals surface area contributed by atoms with Crippen molar-refractivity contribution >= 4 is 34.0 Å². The number of aromatic nitrogens is 3. The smallest absolute Gasteiger partial charge is 0.142 e. The van der Waals surface area contributed by atoms with Crippen LogP contribution in [0.2, 0.25) is 5.02 Å². The van der Waals surface area contributed by atoms with Crippen molar-refractivity contribution in [3.8, 4) is 0 Å². The van der Waals surface area contributed by atoms with Crippen LogP contribution in [0.15, 0.2) is 47.0 Å². The molecule has 5 N–H and O–H groups in total. The summed E-state index contributed by atoms with van der Waals surface area (Å²) in [5.74, 6) is 1.53. The summed E-state index contributed by atoms with van der Waals surface area (Å²) in [6.07, 6.45) is 6.09. The summed E-state index contributed by atoms with van der Waals surface area (Å²) < 4.78 is 0. The molecule has 0 spiro atoms. The fourth-order valence-corrected chi connectivity index (χ4v) is 5.72. The second-order valence-electron chi connectivity index (χ2n) is 9.95. The molecule has 1 unspecified atom stereocenters. The van der Waals surface area contributed by atoms with Crippen LogP contribution in [0.25, 0.3) is 16.6 Å². The number of nitrogens with zero attached hydrogens (tertiary/aromatic N) is 5. The number of aryl methyl sites for hydroxylation is 1. The van der Waals surface area contributed by atoms with Crippen LogP contribution in [0.5, 0.6) is 0 Å². The first-order valence-electron chi connectivity index (χ1n) is 12.7. The Labute approximate surface area is 215 Å². The number of benzene rings is 1. The molecule has 36 heavy (non-hydrogen) atoms. The molecule has 1 atom stereocenters. The van der Waals surface area contributed by atoms with Crippen LogP contribution in [0.3, 0.4) is 0 Å². The Morgan fingerprint density at radius 1 is 1.19 bits per heavy atom. The zero-order chi connectivity index (χ0) is 24.8. The lowest BCUT2D eigenvalue weighted by Gasteiger charge is -2.39. The lowest BCUT2D eigenvalue weighted by molar-refractivity contribution is 0.418. The quantitative estimate of drug-likeness (QED) is 0.442. The van der Waals surface area contributed by atoms with Gasteiger partial charge in [0.25, 0.3) is 0 Å². The van der Waals surface area contributed by atoms with E-state index >= 15 is 0 Å². The number of aromatic amines is 1. The number of nitrogens with one attached hydrogen (secondary N) is 1. The molecule has 1 aromatic carbocycles. The van der Waals surface area contributed by atoms with E-state index in [1.165, 1.54) is 0 Å². The lowest BCUT2D eigenvalue weighted by Crippen LogP contribution is -2.50. The topological polar surface area (TPSA) is 112 Å². The van der Waals surface area contributed by atoms with Crippen molar-refractivity contribution in [3.05, 3.63) is 69.0 Å². The summed E-state index contributed by atoms with van der Waals surface area (Å²) in [5, 5.41) is 2.75. The standard InChI is InChI=1S/C27H31ClN8/c1-2-21-25(28)24-23(35-8-7-18(30)14-35)6-4-19(33-26(24)34-21)9-16-3-5-20-22(10-16)31-15-32-27(20)36-12-17(11-29)13-36/h3,5-6,10,15,17-18H,2,7-9,11-14,29-30H2,1H3,(H,33,34). The molecule has 0 radical (unpaired) electrons. The average molecular weight is 503 g/mol. The van der Waals surface area contributed by atoms with Crippen molar-refractivity contribution < 1.29 is 0 Å². The summed E-state index contributed by atoms with van der Waals surface area (Å²) >= 11 is 6.82. The summed E-state index contributed by atoms with van der Waals surface area (Å²) in [6.45, 7) is 6.41. The van der Waals surface area contributed by atoms with E-state index in [-0.39, 0.29) is 6.04 Å². The Kier molecular flexibility index (Phi) is 6.05. The van der Waals surface area contributed by atoms with Crippen LogP contribution in [-0.2, 0) is 12.8 Å². The van der Waals surface area contributed by atoms with E-state index in [0.717, 1.165) is 94.1 Å². The molecule has 3 aromatic rings. The van der Waals surface area contributed by atoms with Crippen LogP contribution in [0.4, 0.5) is 5.82 Å². The number of nitrogens with two attached hydrogens (primary N) is 2. The molecule has 2 fully saturated rings. The SMILES string of the molecule is CCc1[nH]c2c(c1Cl)=C(N1CCC(N)C1)C=C=C(Cc1ccc3c(N4CC(CN)C4)ncnc3c1)N=2. The normalized spacial score (nSPS) is 19.8. The van der Waals surface area contributed by atoms with E-state index in [9.17, 15) is 0 Å². The largest absolute Gasteiger partial charge is 0.369 e. The van der Waals surface area contributed by atoms with Crippen molar-refractivity contribution in [2.24, 2.45) is 22.4 Å². The van der Waals surface area contributed by atoms with Gasteiger partial charge in [-0.15, -0.1) is 0 Å². The second kappa shape index (κ2) is 9.37. The Bertz CT molecular complexity index is 1510. The number of H-pyrrole nitrogens is 1. The lowest BCUT2D eigenvalue weighted by atomic mass is 9.99. The molecule has 0 aliphatic carbocycles. The van der Waals surface area contributed by atoms with Crippen molar-refractivity contribution in [2.75, 3.05) is 37.6 Å². The third-order valence-electron chi connectivity index (χ3n) is 7.43. The Balaban J connectivity index is 1.35. The first kappa shape index (κ1) is 23.3. The van der Waals surface area contributed by atoms with E-state index in [2.05, 4.69) is 55.6 Å². The number of likely N-dealkylation sites (tertiary alicyclic amines) is 1. The van der Waals surface area contributed by atoms with Crippen LogP contribution < -0.4 is 27.1 Å². The maximum absolute atomic E-state index is 6.82. The van der Waals surface area contributed by atoms with Gasteiger partial charge < -0.3 is 26.3 Å². The second-order valence-corrected chi connectivity index (χ2v) is 10.3. The molecule has 0 saturated carbocycles. The Morgan fingerprint density at radius 2 is 2.06 bits per heavy atom. The van der Waals surface area contributed by atoms with Gasteiger partial charge in [0.2, 0.25) is 0 Å². The van der Waals surface area contributed by atoms with Gasteiger partial charge in [-0.05, 0) is 37.1 Å². The molecule has 8 nitrogen and oxygen atoms in total. The van der Waals surface area contributed by atoms with Gasteiger partial charge in [0, 0.05) is 61.7 Å². The van der Waals surface area contributed by atoms with Gasteiger partial charge in [-0.2, -0.15) is 0 Å². The Morgan fingerprint density at radius 3 is 2.81 bits per heavy atom. The molecule has 3 aliphatic rings. The minimum atomic E-state index is 0.170.